The van der Waals surface area contributed by atoms with E-state index in [1.54, 1.807) is 4.90 Å². The molecule has 0 spiro atoms. The van der Waals surface area contributed by atoms with Crippen LogP contribution in [0.15, 0.2) is 41.4 Å². The maximum Gasteiger partial charge on any atom is 0.410 e. The lowest BCUT2D eigenvalue weighted by atomic mass is 9.73. The number of amides is 1. The Kier molecular flexibility index (Phi) is 5.55. The van der Waals surface area contributed by atoms with Gasteiger partial charge < -0.3 is 15.0 Å². The predicted molar refractivity (Wildman–Crippen MR) is 127 cm³/mol. The van der Waals surface area contributed by atoms with Gasteiger partial charge in [0, 0.05) is 30.3 Å². The van der Waals surface area contributed by atoms with E-state index in [2.05, 4.69) is 38.6 Å². The zero-order chi connectivity index (χ0) is 23.2. The standard InChI is InChI=1S/C26H33N5O2/c1-26(2,3)33-25(32)31-13-11-17(12-14-31)22-23(27-4)21(20-15-28-30-24(20)29-22)19-10-6-8-16-7-5-9-18(16)19/h6,8,10,15-18,21H,5,7,9,11-14H2,1-3H3,(H2,28,29,30). The lowest BCUT2D eigenvalue weighted by Gasteiger charge is -2.38. The van der Waals surface area contributed by atoms with Gasteiger partial charge in [0.1, 0.15) is 11.4 Å². The zero-order valence-corrected chi connectivity index (χ0v) is 19.7. The van der Waals surface area contributed by atoms with E-state index >= 15 is 0 Å². The summed E-state index contributed by atoms with van der Waals surface area (Å²) in [6, 6.07) is 0. The minimum atomic E-state index is -0.497. The number of aromatic nitrogens is 2. The first-order valence-corrected chi connectivity index (χ1v) is 12.1. The fourth-order valence-corrected chi connectivity index (χ4v) is 5.94. The van der Waals surface area contributed by atoms with Gasteiger partial charge in [0.15, 0.2) is 5.70 Å². The number of aromatic amines is 1. The second-order valence-corrected chi connectivity index (χ2v) is 10.7. The van der Waals surface area contributed by atoms with Crippen LogP contribution in [0.5, 0.6) is 0 Å². The van der Waals surface area contributed by atoms with Crippen LogP contribution in [0, 0.1) is 24.3 Å². The Bertz CT molecular complexity index is 1060. The highest BCUT2D eigenvalue weighted by atomic mass is 16.6. The number of fused-ring (bicyclic) bond motifs is 2. The Hall–Kier alpha value is -3.01. The molecule has 1 amide bonds. The minimum Gasteiger partial charge on any atom is -0.444 e. The van der Waals surface area contributed by atoms with Crippen LogP contribution in [0.1, 0.15) is 64.4 Å². The first-order chi connectivity index (χ1) is 15.9. The van der Waals surface area contributed by atoms with E-state index in [0.717, 1.165) is 35.6 Å². The second kappa shape index (κ2) is 8.40. The van der Waals surface area contributed by atoms with Crippen molar-refractivity contribution in [3.05, 3.63) is 58.4 Å². The number of ether oxygens (including phenoxy) is 1. The Labute approximate surface area is 195 Å². The number of anilines is 1. The van der Waals surface area contributed by atoms with E-state index in [9.17, 15) is 4.79 Å². The number of likely N-dealkylation sites (tertiary alicyclic amines) is 1. The Balaban J connectivity index is 1.42. The molecule has 1 aromatic heterocycles. The molecule has 33 heavy (non-hydrogen) atoms. The lowest BCUT2D eigenvalue weighted by molar-refractivity contribution is 0.0194. The average Bonchev–Trinajstić information content (AvgIpc) is 3.46. The third-order valence-electron chi connectivity index (χ3n) is 7.44. The van der Waals surface area contributed by atoms with Gasteiger partial charge in [-0.1, -0.05) is 30.2 Å². The van der Waals surface area contributed by atoms with Crippen molar-refractivity contribution >= 4 is 11.9 Å². The van der Waals surface area contributed by atoms with Crippen molar-refractivity contribution in [3.63, 3.8) is 0 Å². The highest BCUT2D eigenvalue weighted by molar-refractivity contribution is 5.68. The van der Waals surface area contributed by atoms with E-state index in [4.69, 9.17) is 11.3 Å². The Morgan fingerprint density at radius 1 is 1.24 bits per heavy atom. The molecule has 2 fully saturated rings. The molecule has 0 bridgehead atoms. The number of carbonyl (C=O) groups excluding carboxylic acids is 1. The van der Waals surface area contributed by atoms with Crippen molar-refractivity contribution in [2.75, 3.05) is 18.4 Å². The molecular weight excluding hydrogens is 414 g/mol. The molecule has 7 nitrogen and oxygen atoms in total. The Morgan fingerprint density at radius 2 is 2.03 bits per heavy atom. The van der Waals surface area contributed by atoms with Gasteiger partial charge in [-0.15, -0.1) is 0 Å². The van der Waals surface area contributed by atoms with Crippen LogP contribution in [-0.2, 0) is 4.74 Å². The van der Waals surface area contributed by atoms with Crippen LogP contribution < -0.4 is 5.32 Å². The van der Waals surface area contributed by atoms with Crippen molar-refractivity contribution in [1.29, 1.82) is 0 Å². The summed E-state index contributed by atoms with van der Waals surface area (Å²) in [7, 11) is 0. The summed E-state index contributed by atoms with van der Waals surface area (Å²) >= 11 is 0. The van der Waals surface area contributed by atoms with Gasteiger partial charge in [-0.3, -0.25) is 5.10 Å². The predicted octanol–water partition coefficient (Wildman–Crippen LogP) is 5.61. The number of piperidine rings is 1. The summed E-state index contributed by atoms with van der Waals surface area (Å²) in [6.07, 6.45) is 13.7. The van der Waals surface area contributed by atoms with Crippen molar-refractivity contribution in [2.24, 2.45) is 17.8 Å². The molecule has 7 heteroatoms. The van der Waals surface area contributed by atoms with Gasteiger partial charge in [0.2, 0.25) is 0 Å². The molecule has 3 heterocycles. The van der Waals surface area contributed by atoms with Crippen LogP contribution >= 0.6 is 0 Å². The second-order valence-electron chi connectivity index (χ2n) is 10.7. The molecule has 1 saturated heterocycles. The minimum absolute atomic E-state index is 0.0491. The fourth-order valence-electron chi connectivity index (χ4n) is 5.94. The highest BCUT2D eigenvalue weighted by Crippen LogP contribution is 2.51. The normalized spacial score (nSPS) is 27.4. The van der Waals surface area contributed by atoms with E-state index in [0.29, 0.717) is 24.9 Å². The summed E-state index contributed by atoms with van der Waals surface area (Å²) in [5, 5.41) is 11.0. The fraction of sp³-hybridized carbons (Fsp3) is 0.577. The first kappa shape index (κ1) is 21.8. The average molecular weight is 448 g/mol. The van der Waals surface area contributed by atoms with Crippen LogP contribution in [0.4, 0.5) is 10.6 Å². The van der Waals surface area contributed by atoms with E-state index in [-0.39, 0.29) is 17.9 Å². The maximum absolute atomic E-state index is 12.5. The van der Waals surface area contributed by atoms with E-state index < -0.39 is 5.60 Å². The molecule has 2 N–H and O–H groups in total. The third kappa shape index (κ3) is 4.07. The maximum atomic E-state index is 12.5. The topological polar surface area (TPSA) is 74.6 Å². The molecule has 1 aromatic rings. The van der Waals surface area contributed by atoms with Gasteiger partial charge in [0.05, 0.1) is 12.8 Å². The molecule has 2 aliphatic heterocycles. The largest absolute Gasteiger partial charge is 0.444 e. The number of hydrogen-bond donors (Lipinski definition) is 2. The van der Waals surface area contributed by atoms with Gasteiger partial charge in [0.25, 0.3) is 0 Å². The number of H-pyrrole nitrogens is 1. The van der Waals surface area contributed by atoms with Gasteiger partial charge in [-0.2, -0.15) is 5.10 Å². The number of allylic oxidation sites excluding steroid dienone is 5. The molecule has 5 rings (SSSR count). The smallest absolute Gasteiger partial charge is 0.410 e. The molecule has 4 aliphatic rings. The summed E-state index contributed by atoms with van der Waals surface area (Å²) in [6.45, 7) is 15.1. The molecule has 2 aliphatic carbocycles. The zero-order valence-electron chi connectivity index (χ0n) is 19.7. The summed E-state index contributed by atoms with van der Waals surface area (Å²) in [4.78, 5) is 18.4. The monoisotopic (exact) mass is 447 g/mol. The molecule has 0 radical (unpaired) electrons. The summed E-state index contributed by atoms with van der Waals surface area (Å²) in [5.74, 6) is 2.15. The highest BCUT2D eigenvalue weighted by Gasteiger charge is 2.41. The van der Waals surface area contributed by atoms with Crippen molar-refractivity contribution < 1.29 is 9.53 Å². The van der Waals surface area contributed by atoms with Gasteiger partial charge in [-0.05, 0) is 64.2 Å². The van der Waals surface area contributed by atoms with Gasteiger partial charge in [-0.25, -0.2) is 9.64 Å². The molecule has 174 valence electrons. The summed E-state index contributed by atoms with van der Waals surface area (Å²) < 4.78 is 5.56. The van der Waals surface area contributed by atoms with Crippen molar-refractivity contribution in [3.8, 4) is 0 Å². The van der Waals surface area contributed by atoms with Crippen LogP contribution in [0.2, 0.25) is 0 Å². The third-order valence-corrected chi connectivity index (χ3v) is 7.44. The quantitative estimate of drug-likeness (QED) is 0.578. The van der Waals surface area contributed by atoms with Crippen molar-refractivity contribution in [2.45, 2.75) is 64.4 Å². The molecule has 3 unspecified atom stereocenters. The number of nitrogens with one attached hydrogen (secondary N) is 2. The molecule has 3 atom stereocenters. The first-order valence-electron chi connectivity index (χ1n) is 12.1. The molecule has 1 saturated carbocycles. The molecule has 0 aromatic carbocycles. The SMILES string of the molecule is [C-]#[N+]C1=C(C2CCN(C(=O)OC(C)(C)C)CC2)Nc2[nH]ncc2C1C1=CC=CC2CCCC12. The number of hydrogen-bond acceptors (Lipinski definition) is 4. The van der Waals surface area contributed by atoms with Crippen molar-refractivity contribution in [1.82, 2.24) is 15.1 Å². The Morgan fingerprint density at radius 3 is 2.76 bits per heavy atom. The number of rotatable bonds is 2. The number of nitrogens with zero attached hydrogens (tertiary/aromatic N) is 3. The molecular formula is C26H33N5O2. The van der Waals surface area contributed by atoms with Gasteiger partial charge >= 0.3 is 6.09 Å². The van der Waals surface area contributed by atoms with Crippen LogP contribution in [0.3, 0.4) is 0 Å². The lowest BCUT2D eigenvalue weighted by Crippen LogP contribution is -2.42. The number of carbonyl (C=O) groups is 1. The van der Waals surface area contributed by atoms with E-state index in [1.807, 2.05) is 27.0 Å². The summed E-state index contributed by atoms with van der Waals surface area (Å²) in [5.41, 5.74) is 3.73. The van der Waals surface area contributed by atoms with Crippen LogP contribution in [0.25, 0.3) is 4.85 Å². The van der Waals surface area contributed by atoms with Crippen LogP contribution in [-0.4, -0.2) is 39.9 Å². The van der Waals surface area contributed by atoms with E-state index in [1.165, 1.54) is 24.8 Å².